The highest BCUT2D eigenvalue weighted by Gasteiger charge is 2.17. The number of amides is 1. The van der Waals surface area contributed by atoms with E-state index in [4.69, 9.17) is 0 Å². The average Bonchev–Trinajstić information content (AvgIpc) is 2.87. The van der Waals surface area contributed by atoms with E-state index in [1.807, 2.05) is 11.6 Å². The van der Waals surface area contributed by atoms with Crippen LogP contribution in [0.3, 0.4) is 0 Å². The Morgan fingerprint density at radius 1 is 1.41 bits per heavy atom. The fraction of sp³-hybridized carbons (Fsp3) is 0.286. The highest BCUT2D eigenvalue weighted by molar-refractivity contribution is 9.10. The summed E-state index contributed by atoms with van der Waals surface area (Å²) < 4.78 is 2.65. The Morgan fingerprint density at radius 2 is 2.05 bits per heavy atom. The molecule has 0 aliphatic rings. The van der Waals surface area contributed by atoms with E-state index in [0.717, 1.165) is 10.2 Å². The van der Waals surface area contributed by atoms with Crippen molar-refractivity contribution in [3.63, 3.8) is 0 Å². The van der Waals surface area contributed by atoms with Gasteiger partial charge >= 0.3 is 0 Å². The van der Waals surface area contributed by atoms with Gasteiger partial charge in [0.2, 0.25) is 0 Å². The van der Waals surface area contributed by atoms with E-state index in [9.17, 15) is 14.9 Å². The third-order valence-corrected chi connectivity index (χ3v) is 3.92. The first-order valence-electron chi connectivity index (χ1n) is 6.64. The van der Waals surface area contributed by atoms with Crippen molar-refractivity contribution in [2.24, 2.45) is 0 Å². The number of benzene rings is 1. The van der Waals surface area contributed by atoms with E-state index in [-0.39, 0.29) is 11.6 Å². The zero-order valence-corrected chi connectivity index (χ0v) is 13.8. The number of carbonyl (C=O) groups excluding carboxylic acids is 1. The van der Waals surface area contributed by atoms with Gasteiger partial charge in [-0.1, -0.05) is 0 Å². The van der Waals surface area contributed by atoms with Crippen molar-refractivity contribution in [2.75, 3.05) is 7.05 Å². The number of hydrogen-bond acceptors (Lipinski definition) is 4. The summed E-state index contributed by atoms with van der Waals surface area (Å²) >= 11 is 3.42. The SMILES string of the molecule is CCn1ncc(Br)c1CN(C)C(=O)c1ccc([N+](=O)[O-])cc1. The molecule has 8 heteroatoms. The Bertz CT molecular complexity index is 697. The summed E-state index contributed by atoms with van der Waals surface area (Å²) in [5, 5.41) is 14.8. The number of carbonyl (C=O) groups is 1. The Balaban J connectivity index is 2.15. The highest BCUT2D eigenvalue weighted by Crippen LogP contribution is 2.19. The van der Waals surface area contributed by atoms with Crippen LogP contribution in [0.5, 0.6) is 0 Å². The largest absolute Gasteiger partial charge is 0.336 e. The maximum absolute atomic E-state index is 12.4. The van der Waals surface area contributed by atoms with E-state index >= 15 is 0 Å². The van der Waals surface area contributed by atoms with Crippen LogP contribution in [0.1, 0.15) is 23.0 Å². The molecular formula is C14H15BrN4O3. The molecule has 0 saturated carbocycles. The van der Waals surface area contributed by atoms with Crippen LogP contribution in [0, 0.1) is 10.1 Å². The van der Waals surface area contributed by atoms with Gasteiger partial charge in [0.1, 0.15) is 0 Å². The molecule has 0 atom stereocenters. The number of nitrogens with zero attached hydrogens (tertiary/aromatic N) is 4. The van der Waals surface area contributed by atoms with Crippen molar-refractivity contribution in [2.45, 2.75) is 20.0 Å². The Kier molecular flexibility index (Phi) is 4.92. The molecule has 2 aromatic rings. The molecule has 7 nitrogen and oxygen atoms in total. The first-order valence-corrected chi connectivity index (χ1v) is 7.43. The fourth-order valence-corrected chi connectivity index (χ4v) is 2.48. The maximum Gasteiger partial charge on any atom is 0.269 e. The predicted molar refractivity (Wildman–Crippen MR) is 84.5 cm³/mol. The molecule has 2 rings (SSSR count). The summed E-state index contributed by atoms with van der Waals surface area (Å²) in [4.78, 5) is 24.1. The predicted octanol–water partition coefficient (Wildman–Crippen LogP) is 2.85. The van der Waals surface area contributed by atoms with Gasteiger partial charge in [-0.05, 0) is 35.0 Å². The standard InChI is InChI=1S/C14H15BrN4O3/c1-3-18-13(12(15)8-16-18)9-17(2)14(20)10-4-6-11(7-5-10)19(21)22/h4-8H,3,9H2,1-2H3. The van der Waals surface area contributed by atoms with Crippen LogP contribution < -0.4 is 0 Å². The number of rotatable bonds is 5. The molecule has 0 N–H and O–H groups in total. The van der Waals surface area contributed by atoms with E-state index in [0.29, 0.717) is 18.7 Å². The number of nitro benzene ring substituents is 1. The van der Waals surface area contributed by atoms with Gasteiger partial charge < -0.3 is 4.90 Å². The summed E-state index contributed by atoms with van der Waals surface area (Å²) in [5.41, 5.74) is 1.28. The van der Waals surface area contributed by atoms with Gasteiger partial charge in [-0.2, -0.15) is 5.10 Å². The van der Waals surface area contributed by atoms with Crippen molar-refractivity contribution >= 4 is 27.5 Å². The van der Waals surface area contributed by atoms with Crippen LogP contribution in [0.25, 0.3) is 0 Å². The zero-order chi connectivity index (χ0) is 16.3. The van der Waals surface area contributed by atoms with Crippen molar-refractivity contribution in [1.29, 1.82) is 0 Å². The van der Waals surface area contributed by atoms with E-state index in [1.54, 1.807) is 18.1 Å². The molecule has 1 amide bonds. The molecule has 0 bridgehead atoms. The summed E-state index contributed by atoms with van der Waals surface area (Å²) in [5.74, 6) is -0.203. The lowest BCUT2D eigenvalue weighted by atomic mass is 10.2. The molecule has 0 fully saturated rings. The van der Waals surface area contributed by atoms with Gasteiger partial charge in [-0.25, -0.2) is 0 Å². The normalized spacial score (nSPS) is 10.5. The summed E-state index contributed by atoms with van der Waals surface area (Å²) in [6.45, 7) is 3.08. The number of nitro groups is 1. The van der Waals surface area contributed by atoms with Crippen LogP contribution in [0.15, 0.2) is 34.9 Å². The quantitative estimate of drug-likeness (QED) is 0.601. The lowest BCUT2D eigenvalue weighted by molar-refractivity contribution is -0.384. The van der Waals surface area contributed by atoms with Gasteiger partial charge in [0.05, 0.1) is 27.8 Å². The Hall–Kier alpha value is -2.22. The van der Waals surface area contributed by atoms with Crippen molar-refractivity contribution < 1.29 is 9.72 Å². The lowest BCUT2D eigenvalue weighted by Gasteiger charge is -2.18. The van der Waals surface area contributed by atoms with E-state index < -0.39 is 4.92 Å². The van der Waals surface area contributed by atoms with Crippen molar-refractivity contribution in [1.82, 2.24) is 14.7 Å². The number of non-ortho nitro benzene ring substituents is 1. The molecule has 0 spiro atoms. The van der Waals surface area contributed by atoms with Gasteiger partial charge in [0.25, 0.3) is 11.6 Å². The van der Waals surface area contributed by atoms with Gasteiger partial charge in [-0.15, -0.1) is 0 Å². The molecule has 22 heavy (non-hydrogen) atoms. The van der Waals surface area contributed by atoms with Gasteiger partial charge in [0.15, 0.2) is 0 Å². The van der Waals surface area contributed by atoms with Crippen molar-refractivity contribution in [3.05, 3.63) is 56.3 Å². The molecule has 0 saturated heterocycles. The Morgan fingerprint density at radius 3 is 2.59 bits per heavy atom. The number of hydrogen-bond donors (Lipinski definition) is 0. The molecule has 0 aliphatic carbocycles. The average molecular weight is 367 g/mol. The molecular weight excluding hydrogens is 352 g/mol. The number of halogens is 1. The molecule has 0 aliphatic heterocycles. The fourth-order valence-electron chi connectivity index (χ4n) is 2.06. The van der Waals surface area contributed by atoms with E-state index in [1.165, 1.54) is 24.3 Å². The van der Waals surface area contributed by atoms with Crippen LogP contribution in [0.2, 0.25) is 0 Å². The molecule has 0 unspecified atom stereocenters. The molecule has 1 aromatic carbocycles. The number of aromatic nitrogens is 2. The lowest BCUT2D eigenvalue weighted by Crippen LogP contribution is -2.27. The molecule has 116 valence electrons. The van der Waals surface area contributed by atoms with Gasteiger partial charge in [0, 0.05) is 31.3 Å². The first-order chi connectivity index (χ1) is 10.4. The smallest absolute Gasteiger partial charge is 0.269 e. The monoisotopic (exact) mass is 366 g/mol. The Labute approximate surface area is 135 Å². The second-order valence-electron chi connectivity index (χ2n) is 4.72. The molecule has 1 heterocycles. The van der Waals surface area contributed by atoms with Crippen molar-refractivity contribution in [3.8, 4) is 0 Å². The third-order valence-electron chi connectivity index (χ3n) is 3.26. The maximum atomic E-state index is 12.4. The van der Waals surface area contributed by atoms with Gasteiger partial charge in [-0.3, -0.25) is 19.6 Å². The minimum absolute atomic E-state index is 0.0361. The highest BCUT2D eigenvalue weighted by atomic mass is 79.9. The topological polar surface area (TPSA) is 81.3 Å². The first kappa shape index (κ1) is 16.2. The molecule has 0 radical (unpaired) electrons. The zero-order valence-electron chi connectivity index (χ0n) is 12.2. The summed E-state index contributed by atoms with van der Waals surface area (Å²) in [7, 11) is 1.68. The molecule has 1 aromatic heterocycles. The summed E-state index contributed by atoms with van der Waals surface area (Å²) in [6.07, 6.45) is 1.70. The second kappa shape index (κ2) is 6.69. The van der Waals surface area contributed by atoms with Crippen LogP contribution in [-0.4, -0.2) is 32.6 Å². The minimum atomic E-state index is -0.491. The van der Waals surface area contributed by atoms with E-state index in [2.05, 4.69) is 21.0 Å². The number of aryl methyl sites for hydroxylation is 1. The minimum Gasteiger partial charge on any atom is -0.336 e. The van der Waals surface area contributed by atoms with Crippen LogP contribution in [0.4, 0.5) is 5.69 Å². The van der Waals surface area contributed by atoms with Crippen LogP contribution >= 0.6 is 15.9 Å². The summed E-state index contributed by atoms with van der Waals surface area (Å²) in [6, 6.07) is 5.58. The third kappa shape index (κ3) is 3.33. The van der Waals surface area contributed by atoms with Crippen LogP contribution in [-0.2, 0) is 13.1 Å². The second-order valence-corrected chi connectivity index (χ2v) is 5.57.